The zero-order valence-electron chi connectivity index (χ0n) is 14.0. The highest BCUT2D eigenvalue weighted by molar-refractivity contribution is 6.50. The monoisotopic (exact) mass is 310 g/mol. The van der Waals surface area contributed by atoms with Crippen molar-refractivity contribution in [2.75, 3.05) is 7.05 Å². The van der Waals surface area contributed by atoms with Crippen LogP contribution in [0.15, 0.2) is 47.9 Å². The van der Waals surface area contributed by atoms with Gasteiger partial charge in [-0.1, -0.05) is 31.2 Å². The van der Waals surface area contributed by atoms with E-state index in [9.17, 15) is 4.79 Å². The van der Waals surface area contributed by atoms with Gasteiger partial charge in [0.05, 0.1) is 6.20 Å². The molecule has 23 heavy (non-hydrogen) atoms. The van der Waals surface area contributed by atoms with E-state index in [4.69, 9.17) is 5.41 Å². The zero-order valence-corrected chi connectivity index (χ0v) is 14.0. The first-order valence-corrected chi connectivity index (χ1v) is 7.58. The molecule has 1 aromatic heterocycles. The van der Waals surface area contributed by atoms with E-state index in [1.54, 1.807) is 29.9 Å². The molecule has 0 spiro atoms. The van der Waals surface area contributed by atoms with Gasteiger partial charge in [-0.25, -0.2) is 0 Å². The number of carbonyl (C=O) groups is 1. The number of aryl methyl sites for hydroxylation is 1. The van der Waals surface area contributed by atoms with Crippen LogP contribution in [0.25, 0.3) is 11.1 Å². The Bertz CT molecular complexity index is 748. The quantitative estimate of drug-likeness (QED) is 0.636. The predicted molar refractivity (Wildman–Crippen MR) is 92.8 cm³/mol. The van der Waals surface area contributed by atoms with Gasteiger partial charge in [-0.15, -0.1) is 0 Å². The summed E-state index contributed by atoms with van der Waals surface area (Å²) in [4.78, 5) is 12.5. The van der Waals surface area contributed by atoms with Crippen molar-refractivity contribution in [3.05, 3.63) is 53.5 Å². The number of nitrogens with one attached hydrogen (secondary N) is 2. The maximum absolute atomic E-state index is 12.5. The Morgan fingerprint density at radius 1 is 1.26 bits per heavy atom. The molecule has 2 rings (SSSR count). The summed E-state index contributed by atoms with van der Waals surface area (Å²) in [6.07, 6.45) is 4.47. The smallest absolute Gasteiger partial charge is 0.210 e. The second-order valence-corrected chi connectivity index (χ2v) is 5.39. The third kappa shape index (κ3) is 3.56. The Kier molecular flexibility index (Phi) is 5.11. The van der Waals surface area contributed by atoms with Crippen molar-refractivity contribution >= 4 is 11.5 Å². The van der Waals surface area contributed by atoms with Gasteiger partial charge in [0.2, 0.25) is 5.78 Å². The van der Waals surface area contributed by atoms with Crippen LogP contribution in [-0.4, -0.2) is 28.3 Å². The van der Waals surface area contributed by atoms with Gasteiger partial charge in [0.15, 0.2) is 0 Å². The number of carbonyl (C=O) groups excluding carboxylic acids is 1. The molecule has 0 unspecified atom stereocenters. The highest BCUT2D eigenvalue weighted by Gasteiger charge is 2.16. The Hall–Kier alpha value is -2.69. The van der Waals surface area contributed by atoms with E-state index in [0.29, 0.717) is 11.1 Å². The first kappa shape index (κ1) is 16.7. The highest BCUT2D eigenvalue weighted by atomic mass is 16.1. The number of rotatable bonds is 6. The molecule has 120 valence electrons. The van der Waals surface area contributed by atoms with Gasteiger partial charge >= 0.3 is 0 Å². The molecule has 1 aromatic carbocycles. The van der Waals surface area contributed by atoms with Crippen LogP contribution in [0.2, 0.25) is 0 Å². The SMILES string of the molecule is CC/C(NC)=C(\C)C(=N)C(=O)c1ccc(-c2cnn(C)c2)cc1. The van der Waals surface area contributed by atoms with Gasteiger partial charge in [-0.05, 0) is 24.5 Å². The number of benzene rings is 1. The summed E-state index contributed by atoms with van der Waals surface area (Å²) in [6.45, 7) is 3.80. The molecule has 0 radical (unpaired) electrons. The van der Waals surface area contributed by atoms with Crippen molar-refractivity contribution in [2.45, 2.75) is 20.3 Å². The molecule has 0 atom stereocenters. The molecule has 0 saturated heterocycles. The summed E-state index contributed by atoms with van der Waals surface area (Å²) in [5.74, 6) is -0.263. The van der Waals surface area contributed by atoms with Crippen LogP contribution >= 0.6 is 0 Å². The Labute approximate surface area is 136 Å². The molecule has 5 heteroatoms. The Balaban J connectivity index is 2.24. The fourth-order valence-electron chi connectivity index (χ4n) is 2.48. The summed E-state index contributed by atoms with van der Waals surface area (Å²) in [5.41, 5.74) is 4.16. The van der Waals surface area contributed by atoms with Crippen LogP contribution < -0.4 is 5.32 Å². The van der Waals surface area contributed by atoms with Gasteiger partial charge in [-0.3, -0.25) is 14.9 Å². The van der Waals surface area contributed by atoms with E-state index in [1.165, 1.54) is 0 Å². The maximum Gasteiger partial charge on any atom is 0.210 e. The molecule has 0 aliphatic carbocycles. The van der Waals surface area contributed by atoms with Crippen LogP contribution in [0.3, 0.4) is 0 Å². The number of aromatic nitrogens is 2. The minimum absolute atomic E-state index is 0.0327. The van der Waals surface area contributed by atoms with Crippen LogP contribution in [0.5, 0.6) is 0 Å². The third-order valence-corrected chi connectivity index (χ3v) is 3.90. The fourth-order valence-corrected chi connectivity index (χ4v) is 2.48. The molecule has 0 fully saturated rings. The molecule has 1 heterocycles. The molecule has 2 N–H and O–H groups in total. The standard InChI is InChI=1S/C18H22N4O/c1-5-16(20-3)12(2)17(19)18(23)14-8-6-13(7-9-14)15-10-21-22(4)11-15/h6-11,19-20H,5H2,1-4H3/b16-12-,19-17?. The van der Waals surface area contributed by atoms with Gasteiger partial charge < -0.3 is 5.32 Å². The summed E-state index contributed by atoms with van der Waals surface area (Å²) < 4.78 is 1.74. The van der Waals surface area contributed by atoms with Crippen LogP contribution in [0.1, 0.15) is 30.6 Å². The molecule has 0 saturated carbocycles. The lowest BCUT2D eigenvalue weighted by Gasteiger charge is -2.11. The van der Waals surface area contributed by atoms with Gasteiger partial charge in [0, 0.05) is 37.1 Å². The lowest BCUT2D eigenvalue weighted by Crippen LogP contribution is -2.19. The largest absolute Gasteiger partial charge is 0.391 e. The summed E-state index contributed by atoms with van der Waals surface area (Å²) in [6, 6.07) is 7.29. The summed E-state index contributed by atoms with van der Waals surface area (Å²) in [5, 5.41) is 15.3. The Morgan fingerprint density at radius 3 is 2.39 bits per heavy atom. The predicted octanol–water partition coefficient (Wildman–Crippen LogP) is 3.19. The van der Waals surface area contributed by atoms with Crippen molar-refractivity contribution in [1.82, 2.24) is 15.1 Å². The normalized spacial score (nSPS) is 11.8. The maximum atomic E-state index is 12.5. The number of nitrogens with zero attached hydrogens (tertiary/aromatic N) is 2. The zero-order chi connectivity index (χ0) is 17.0. The average Bonchev–Trinajstić information content (AvgIpc) is 3.01. The highest BCUT2D eigenvalue weighted by Crippen LogP contribution is 2.19. The second kappa shape index (κ2) is 7.05. The first-order chi connectivity index (χ1) is 11.0. The first-order valence-electron chi connectivity index (χ1n) is 7.58. The number of hydrogen-bond acceptors (Lipinski definition) is 4. The topological polar surface area (TPSA) is 70.8 Å². The lowest BCUT2D eigenvalue weighted by molar-refractivity contribution is 0.106. The fraction of sp³-hybridized carbons (Fsp3) is 0.278. The minimum Gasteiger partial charge on any atom is -0.391 e. The number of hydrogen-bond donors (Lipinski definition) is 2. The van der Waals surface area contributed by atoms with Crippen LogP contribution in [0, 0.1) is 5.41 Å². The van der Waals surface area contributed by atoms with Crippen molar-refractivity contribution < 1.29 is 4.79 Å². The van der Waals surface area contributed by atoms with Crippen molar-refractivity contribution in [3.63, 3.8) is 0 Å². The molecular formula is C18H22N4O. The molecular weight excluding hydrogens is 288 g/mol. The van der Waals surface area contributed by atoms with E-state index >= 15 is 0 Å². The second-order valence-electron chi connectivity index (χ2n) is 5.39. The van der Waals surface area contributed by atoms with Crippen molar-refractivity contribution in [3.8, 4) is 11.1 Å². The van der Waals surface area contributed by atoms with Gasteiger partial charge in [0.25, 0.3) is 0 Å². The number of Topliss-reactive ketones (excluding diaryl/α,β-unsaturated/α-hetero) is 1. The number of allylic oxidation sites excluding steroid dienone is 2. The average molecular weight is 310 g/mol. The molecule has 0 aliphatic rings. The molecule has 0 amide bonds. The van der Waals surface area contributed by atoms with Crippen LogP contribution in [-0.2, 0) is 7.05 Å². The van der Waals surface area contributed by atoms with E-state index in [2.05, 4.69) is 10.4 Å². The van der Waals surface area contributed by atoms with E-state index in [1.807, 2.05) is 39.3 Å². The third-order valence-electron chi connectivity index (χ3n) is 3.90. The van der Waals surface area contributed by atoms with Crippen molar-refractivity contribution in [1.29, 1.82) is 5.41 Å². The minimum atomic E-state index is -0.263. The van der Waals surface area contributed by atoms with Gasteiger partial charge in [0.1, 0.15) is 5.71 Å². The molecule has 0 bridgehead atoms. The summed E-state index contributed by atoms with van der Waals surface area (Å²) in [7, 11) is 3.67. The Morgan fingerprint density at radius 2 is 1.91 bits per heavy atom. The van der Waals surface area contributed by atoms with E-state index in [-0.39, 0.29) is 11.5 Å². The lowest BCUT2D eigenvalue weighted by atomic mass is 9.98. The van der Waals surface area contributed by atoms with Crippen LogP contribution in [0.4, 0.5) is 0 Å². The van der Waals surface area contributed by atoms with E-state index < -0.39 is 0 Å². The van der Waals surface area contributed by atoms with Gasteiger partial charge in [-0.2, -0.15) is 5.10 Å². The molecule has 2 aromatic rings. The van der Waals surface area contributed by atoms with Crippen molar-refractivity contribution in [2.24, 2.45) is 7.05 Å². The number of ketones is 1. The van der Waals surface area contributed by atoms with E-state index in [0.717, 1.165) is 23.2 Å². The summed E-state index contributed by atoms with van der Waals surface area (Å²) >= 11 is 0. The molecule has 0 aliphatic heterocycles. The molecule has 5 nitrogen and oxygen atoms in total.